The predicted molar refractivity (Wildman–Crippen MR) is 102 cm³/mol. The molecule has 0 saturated heterocycles. The van der Waals surface area contributed by atoms with Crippen LogP contribution in [0.15, 0.2) is 41.3 Å². The zero-order chi connectivity index (χ0) is 18.9. The van der Waals surface area contributed by atoms with Gasteiger partial charge in [-0.15, -0.1) is 0 Å². The summed E-state index contributed by atoms with van der Waals surface area (Å²) in [5, 5.41) is 0. The van der Waals surface area contributed by atoms with Crippen molar-refractivity contribution in [2.45, 2.75) is 25.2 Å². The highest BCUT2D eigenvalue weighted by Gasteiger charge is 2.20. The lowest BCUT2D eigenvalue weighted by Crippen LogP contribution is -2.27. The number of nitrogens with one attached hydrogen (secondary N) is 1. The molecular formula is C19H23N3O3S. The second-order valence-corrected chi connectivity index (χ2v) is 8.05. The lowest BCUT2D eigenvalue weighted by molar-refractivity contribution is 0.402. The van der Waals surface area contributed by atoms with Gasteiger partial charge in [0.05, 0.1) is 18.1 Å². The maximum atomic E-state index is 12.7. The molecule has 6 nitrogen and oxygen atoms in total. The van der Waals surface area contributed by atoms with Crippen LogP contribution in [0.3, 0.4) is 0 Å². The van der Waals surface area contributed by atoms with E-state index in [2.05, 4.69) is 9.71 Å². The van der Waals surface area contributed by atoms with Crippen LogP contribution in [-0.4, -0.2) is 31.6 Å². The molecule has 0 aliphatic rings. The minimum Gasteiger partial charge on any atom is -0.495 e. The molecule has 1 N–H and O–H groups in total. The topological polar surface area (TPSA) is 73.2 Å². The van der Waals surface area contributed by atoms with E-state index in [0.717, 1.165) is 28.0 Å². The summed E-state index contributed by atoms with van der Waals surface area (Å²) in [6.45, 7) is 4.07. The van der Waals surface area contributed by atoms with E-state index in [1.54, 1.807) is 12.1 Å². The van der Waals surface area contributed by atoms with Gasteiger partial charge in [0.1, 0.15) is 16.5 Å². The van der Waals surface area contributed by atoms with Gasteiger partial charge in [-0.2, -0.15) is 0 Å². The zero-order valence-electron chi connectivity index (χ0n) is 15.4. The SMILES string of the molecule is COc1cc(C)c(C)cc1S(=O)(=O)NCCc1nc2ccccc2n1C. The van der Waals surface area contributed by atoms with Crippen LogP contribution in [0.5, 0.6) is 5.75 Å². The number of methoxy groups -OCH3 is 1. The molecule has 0 radical (unpaired) electrons. The lowest BCUT2D eigenvalue weighted by atomic mass is 10.1. The first kappa shape index (κ1) is 18.4. The molecule has 0 spiro atoms. The number of hydrogen-bond donors (Lipinski definition) is 1. The van der Waals surface area contributed by atoms with Crippen molar-refractivity contribution in [1.29, 1.82) is 0 Å². The number of ether oxygens (including phenoxy) is 1. The maximum Gasteiger partial charge on any atom is 0.244 e. The summed E-state index contributed by atoms with van der Waals surface area (Å²) < 4.78 is 35.3. The quantitative estimate of drug-likeness (QED) is 0.721. The number of para-hydroxylation sites is 2. The standard InChI is InChI=1S/C19H23N3O3S/c1-13-11-17(25-4)18(12-14(13)2)26(23,24)20-10-9-19-21-15-7-5-6-8-16(15)22(19)3/h5-8,11-12,20H,9-10H2,1-4H3. The summed E-state index contributed by atoms with van der Waals surface area (Å²) in [6, 6.07) is 11.2. The highest BCUT2D eigenvalue weighted by atomic mass is 32.2. The number of nitrogens with zero attached hydrogens (tertiary/aromatic N) is 2. The molecule has 0 aliphatic carbocycles. The van der Waals surface area contributed by atoms with Crippen LogP contribution in [0.25, 0.3) is 11.0 Å². The number of fused-ring (bicyclic) bond motifs is 1. The minimum atomic E-state index is -3.67. The van der Waals surface area contributed by atoms with Gasteiger partial charge in [0.2, 0.25) is 10.0 Å². The Morgan fingerprint density at radius 3 is 2.54 bits per heavy atom. The van der Waals surface area contributed by atoms with E-state index in [9.17, 15) is 8.42 Å². The molecule has 0 amide bonds. The Morgan fingerprint density at radius 2 is 1.85 bits per heavy atom. The van der Waals surface area contributed by atoms with Crippen LogP contribution in [-0.2, 0) is 23.5 Å². The average Bonchev–Trinajstić information content (AvgIpc) is 2.93. The van der Waals surface area contributed by atoms with Crippen molar-refractivity contribution < 1.29 is 13.2 Å². The Morgan fingerprint density at radius 1 is 1.15 bits per heavy atom. The monoisotopic (exact) mass is 373 g/mol. The number of imidazole rings is 1. The largest absolute Gasteiger partial charge is 0.495 e. The predicted octanol–water partition coefficient (Wildman–Crippen LogP) is 2.72. The molecule has 138 valence electrons. The van der Waals surface area contributed by atoms with E-state index in [4.69, 9.17) is 4.74 Å². The summed E-state index contributed by atoms with van der Waals surface area (Å²) >= 11 is 0. The summed E-state index contributed by atoms with van der Waals surface area (Å²) in [7, 11) is -0.257. The number of aryl methyl sites for hydroxylation is 3. The van der Waals surface area contributed by atoms with Crippen molar-refractivity contribution in [1.82, 2.24) is 14.3 Å². The van der Waals surface area contributed by atoms with Crippen molar-refractivity contribution in [3.05, 3.63) is 53.3 Å². The first-order valence-corrected chi connectivity index (χ1v) is 9.87. The lowest BCUT2D eigenvalue weighted by Gasteiger charge is -2.13. The number of hydrogen-bond acceptors (Lipinski definition) is 4. The molecular weight excluding hydrogens is 350 g/mol. The van der Waals surface area contributed by atoms with E-state index in [1.165, 1.54) is 7.11 Å². The van der Waals surface area contributed by atoms with Crippen LogP contribution < -0.4 is 9.46 Å². The fourth-order valence-corrected chi connectivity index (χ4v) is 4.19. The Labute approximate surface area is 153 Å². The molecule has 3 rings (SSSR count). The number of sulfonamides is 1. The van der Waals surface area contributed by atoms with Gasteiger partial charge in [0.25, 0.3) is 0 Å². The van der Waals surface area contributed by atoms with Gasteiger partial charge >= 0.3 is 0 Å². The van der Waals surface area contributed by atoms with Gasteiger partial charge in [-0.3, -0.25) is 0 Å². The Hall–Kier alpha value is -2.38. The van der Waals surface area contributed by atoms with Gasteiger partial charge < -0.3 is 9.30 Å². The van der Waals surface area contributed by atoms with Crippen LogP contribution in [0.2, 0.25) is 0 Å². The van der Waals surface area contributed by atoms with Gasteiger partial charge in [-0.05, 0) is 49.2 Å². The first-order chi connectivity index (χ1) is 12.3. The Bertz CT molecular complexity index is 1060. The van der Waals surface area contributed by atoms with Crippen LogP contribution >= 0.6 is 0 Å². The molecule has 0 unspecified atom stereocenters. The average molecular weight is 373 g/mol. The molecule has 2 aromatic carbocycles. The Balaban J connectivity index is 1.78. The van der Waals surface area contributed by atoms with E-state index >= 15 is 0 Å². The van der Waals surface area contributed by atoms with E-state index in [0.29, 0.717) is 12.2 Å². The third-order valence-electron chi connectivity index (χ3n) is 4.59. The van der Waals surface area contributed by atoms with Crippen molar-refractivity contribution in [3.63, 3.8) is 0 Å². The molecule has 0 bridgehead atoms. The minimum absolute atomic E-state index is 0.160. The maximum absolute atomic E-state index is 12.7. The van der Waals surface area contributed by atoms with Gasteiger partial charge in [-0.25, -0.2) is 18.1 Å². The van der Waals surface area contributed by atoms with E-state index in [-0.39, 0.29) is 11.4 Å². The molecule has 0 atom stereocenters. The Kier molecular flexibility index (Phi) is 5.02. The van der Waals surface area contributed by atoms with Crippen LogP contribution in [0.1, 0.15) is 17.0 Å². The highest BCUT2D eigenvalue weighted by Crippen LogP contribution is 2.27. The second kappa shape index (κ2) is 7.09. The molecule has 0 fully saturated rings. The van der Waals surface area contributed by atoms with Crippen molar-refractivity contribution >= 4 is 21.1 Å². The fourth-order valence-electron chi connectivity index (χ4n) is 2.93. The highest BCUT2D eigenvalue weighted by molar-refractivity contribution is 7.89. The first-order valence-electron chi connectivity index (χ1n) is 8.38. The second-order valence-electron chi connectivity index (χ2n) is 6.31. The van der Waals surface area contributed by atoms with Crippen molar-refractivity contribution in [2.75, 3.05) is 13.7 Å². The smallest absolute Gasteiger partial charge is 0.244 e. The number of aromatic nitrogens is 2. The van der Waals surface area contributed by atoms with Gasteiger partial charge in [0.15, 0.2) is 0 Å². The van der Waals surface area contributed by atoms with Crippen LogP contribution in [0.4, 0.5) is 0 Å². The van der Waals surface area contributed by atoms with E-state index in [1.807, 2.05) is 49.7 Å². The molecule has 7 heteroatoms. The summed E-state index contributed by atoms with van der Waals surface area (Å²) in [5.41, 5.74) is 3.83. The van der Waals surface area contributed by atoms with Gasteiger partial charge in [0, 0.05) is 20.0 Å². The number of benzene rings is 2. The third kappa shape index (κ3) is 3.45. The molecule has 3 aromatic rings. The number of rotatable bonds is 6. The van der Waals surface area contributed by atoms with Gasteiger partial charge in [-0.1, -0.05) is 12.1 Å². The molecule has 0 aliphatic heterocycles. The third-order valence-corrected chi connectivity index (χ3v) is 6.07. The molecule has 26 heavy (non-hydrogen) atoms. The van der Waals surface area contributed by atoms with Crippen molar-refractivity contribution in [2.24, 2.45) is 7.05 Å². The summed E-state index contributed by atoms with van der Waals surface area (Å²) in [4.78, 5) is 4.73. The van der Waals surface area contributed by atoms with E-state index < -0.39 is 10.0 Å². The zero-order valence-corrected chi connectivity index (χ0v) is 16.2. The summed E-state index contributed by atoms with van der Waals surface area (Å²) in [5.74, 6) is 1.18. The molecule has 0 saturated carbocycles. The van der Waals surface area contributed by atoms with Crippen LogP contribution in [0, 0.1) is 13.8 Å². The molecule has 1 heterocycles. The fraction of sp³-hybridized carbons (Fsp3) is 0.316. The van der Waals surface area contributed by atoms with Crippen molar-refractivity contribution in [3.8, 4) is 5.75 Å². The summed E-state index contributed by atoms with van der Waals surface area (Å²) in [6.07, 6.45) is 0.498. The molecule has 1 aromatic heterocycles. The normalized spacial score (nSPS) is 11.8.